The van der Waals surface area contributed by atoms with E-state index in [1.165, 1.54) is 5.56 Å². The van der Waals surface area contributed by atoms with Gasteiger partial charge in [0, 0.05) is 37.7 Å². The molecule has 1 aromatic rings. The average Bonchev–Trinajstić information content (AvgIpc) is 2.47. The molecule has 0 aliphatic carbocycles. The summed E-state index contributed by atoms with van der Waals surface area (Å²) in [6.45, 7) is 5.12. The van der Waals surface area contributed by atoms with E-state index in [0.717, 1.165) is 24.4 Å². The van der Waals surface area contributed by atoms with E-state index in [1.54, 1.807) is 6.92 Å². The summed E-state index contributed by atoms with van der Waals surface area (Å²) in [4.78, 5) is 13.0. The Kier molecular flexibility index (Phi) is 1.83. The van der Waals surface area contributed by atoms with Gasteiger partial charge in [-0.1, -0.05) is 0 Å². The molecule has 0 radical (unpaired) electrons. The van der Waals surface area contributed by atoms with Crippen LogP contribution >= 0.6 is 0 Å². The van der Waals surface area contributed by atoms with Crippen LogP contribution in [0.4, 0.5) is 0 Å². The summed E-state index contributed by atoms with van der Waals surface area (Å²) in [5.74, 6) is 0.145. The molecule has 13 heavy (non-hydrogen) atoms. The zero-order valence-electron chi connectivity index (χ0n) is 7.92. The molecule has 0 atom stereocenters. The summed E-state index contributed by atoms with van der Waals surface area (Å²) in [6, 6.07) is 0. The Morgan fingerprint density at radius 3 is 3.08 bits per heavy atom. The Labute approximate surface area is 76.9 Å². The number of H-pyrrole nitrogens is 1. The molecular weight excluding hydrogens is 166 g/mol. The Balaban J connectivity index is 2.27. The summed E-state index contributed by atoms with van der Waals surface area (Å²) in [5, 5.41) is 7.14. The first-order chi connectivity index (χ1) is 6.18. The molecule has 1 aromatic heterocycles. The van der Waals surface area contributed by atoms with Crippen molar-refractivity contribution < 1.29 is 4.79 Å². The van der Waals surface area contributed by atoms with Crippen molar-refractivity contribution in [3.05, 3.63) is 17.0 Å². The van der Waals surface area contributed by atoms with Crippen molar-refractivity contribution >= 4 is 5.91 Å². The second-order valence-electron chi connectivity index (χ2n) is 3.46. The number of rotatable bonds is 0. The van der Waals surface area contributed by atoms with Gasteiger partial charge in [0.25, 0.3) is 0 Å². The van der Waals surface area contributed by atoms with Gasteiger partial charge in [0.15, 0.2) is 0 Å². The van der Waals surface area contributed by atoms with Crippen LogP contribution in [0.1, 0.15) is 23.9 Å². The topological polar surface area (TPSA) is 49.0 Å². The van der Waals surface area contributed by atoms with Crippen molar-refractivity contribution in [3.8, 4) is 0 Å². The van der Waals surface area contributed by atoms with Crippen LogP contribution in [0.2, 0.25) is 0 Å². The summed E-state index contributed by atoms with van der Waals surface area (Å²) < 4.78 is 0. The van der Waals surface area contributed by atoms with Crippen LogP contribution in [0, 0.1) is 6.92 Å². The minimum absolute atomic E-state index is 0.145. The molecule has 2 rings (SSSR count). The monoisotopic (exact) mass is 179 g/mol. The van der Waals surface area contributed by atoms with Crippen LogP contribution in [-0.2, 0) is 17.8 Å². The number of aromatic amines is 1. The molecule has 2 heterocycles. The van der Waals surface area contributed by atoms with E-state index >= 15 is 0 Å². The Bertz CT molecular complexity index is 343. The second kappa shape index (κ2) is 2.87. The summed E-state index contributed by atoms with van der Waals surface area (Å²) in [7, 11) is 0. The van der Waals surface area contributed by atoms with E-state index in [9.17, 15) is 4.79 Å². The highest BCUT2D eigenvalue weighted by Crippen LogP contribution is 2.19. The van der Waals surface area contributed by atoms with Crippen molar-refractivity contribution in [3.63, 3.8) is 0 Å². The minimum atomic E-state index is 0.145. The number of carbonyl (C=O) groups excluding carboxylic acids is 1. The maximum absolute atomic E-state index is 11.1. The van der Waals surface area contributed by atoms with Crippen LogP contribution in [-0.4, -0.2) is 27.5 Å². The third kappa shape index (κ3) is 1.32. The molecule has 1 aliphatic rings. The SMILES string of the molecule is CC(=O)N1CCc2n[nH]c(C)c2C1. The van der Waals surface area contributed by atoms with E-state index in [1.807, 2.05) is 11.8 Å². The molecular formula is C9H13N3O. The number of nitrogens with zero attached hydrogens (tertiary/aromatic N) is 2. The largest absolute Gasteiger partial charge is 0.338 e. The molecule has 0 unspecified atom stereocenters. The van der Waals surface area contributed by atoms with E-state index in [-0.39, 0.29) is 5.91 Å². The third-order valence-electron chi connectivity index (χ3n) is 2.57. The smallest absolute Gasteiger partial charge is 0.219 e. The van der Waals surface area contributed by atoms with Gasteiger partial charge in [0.1, 0.15) is 0 Å². The van der Waals surface area contributed by atoms with Crippen molar-refractivity contribution in [2.45, 2.75) is 26.8 Å². The number of amides is 1. The van der Waals surface area contributed by atoms with E-state index in [0.29, 0.717) is 6.54 Å². The molecule has 1 aliphatic heterocycles. The predicted molar refractivity (Wildman–Crippen MR) is 48.1 cm³/mol. The van der Waals surface area contributed by atoms with Gasteiger partial charge in [-0.2, -0.15) is 5.10 Å². The molecule has 0 saturated carbocycles. The average molecular weight is 179 g/mol. The number of nitrogens with one attached hydrogen (secondary N) is 1. The van der Waals surface area contributed by atoms with E-state index in [4.69, 9.17) is 0 Å². The van der Waals surface area contributed by atoms with Crippen LogP contribution in [0.15, 0.2) is 0 Å². The molecule has 0 fully saturated rings. The number of hydrogen-bond donors (Lipinski definition) is 1. The standard InChI is InChI=1S/C9H13N3O/c1-6-8-5-12(7(2)13)4-3-9(8)11-10-6/h3-5H2,1-2H3,(H,10,11). The molecule has 70 valence electrons. The maximum atomic E-state index is 11.1. The maximum Gasteiger partial charge on any atom is 0.219 e. The number of aromatic nitrogens is 2. The first-order valence-electron chi connectivity index (χ1n) is 4.46. The van der Waals surface area contributed by atoms with Crippen molar-refractivity contribution in [1.82, 2.24) is 15.1 Å². The fourth-order valence-electron chi connectivity index (χ4n) is 1.70. The van der Waals surface area contributed by atoms with Gasteiger partial charge in [-0.15, -0.1) is 0 Å². The predicted octanol–water partition coefficient (Wildman–Crippen LogP) is 0.623. The molecule has 0 spiro atoms. The van der Waals surface area contributed by atoms with Gasteiger partial charge < -0.3 is 4.90 Å². The van der Waals surface area contributed by atoms with Crippen LogP contribution in [0.25, 0.3) is 0 Å². The molecule has 1 N–H and O–H groups in total. The summed E-state index contributed by atoms with van der Waals surface area (Å²) >= 11 is 0. The van der Waals surface area contributed by atoms with Gasteiger partial charge in [-0.25, -0.2) is 0 Å². The first kappa shape index (κ1) is 8.29. The molecule has 0 aromatic carbocycles. The van der Waals surface area contributed by atoms with Gasteiger partial charge >= 0.3 is 0 Å². The van der Waals surface area contributed by atoms with Crippen LogP contribution in [0.3, 0.4) is 0 Å². The zero-order chi connectivity index (χ0) is 9.42. The molecule has 0 bridgehead atoms. The van der Waals surface area contributed by atoms with Gasteiger partial charge in [-0.05, 0) is 6.92 Å². The summed E-state index contributed by atoms with van der Waals surface area (Å²) in [5.41, 5.74) is 3.40. The second-order valence-corrected chi connectivity index (χ2v) is 3.46. The summed E-state index contributed by atoms with van der Waals surface area (Å²) in [6.07, 6.45) is 0.874. The lowest BCUT2D eigenvalue weighted by molar-refractivity contribution is -0.129. The quantitative estimate of drug-likeness (QED) is 0.634. The van der Waals surface area contributed by atoms with Gasteiger partial charge in [0.05, 0.1) is 5.69 Å². The molecule has 4 nitrogen and oxygen atoms in total. The van der Waals surface area contributed by atoms with E-state index in [2.05, 4.69) is 10.2 Å². The number of aryl methyl sites for hydroxylation is 1. The van der Waals surface area contributed by atoms with Crippen molar-refractivity contribution in [2.75, 3.05) is 6.54 Å². The van der Waals surface area contributed by atoms with Crippen molar-refractivity contribution in [2.24, 2.45) is 0 Å². The third-order valence-corrected chi connectivity index (χ3v) is 2.57. The molecule has 4 heteroatoms. The highest BCUT2D eigenvalue weighted by Gasteiger charge is 2.21. The number of carbonyl (C=O) groups is 1. The molecule has 0 saturated heterocycles. The normalized spacial score (nSPS) is 15.7. The highest BCUT2D eigenvalue weighted by atomic mass is 16.2. The fourth-order valence-corrected chi connectivity index (χ4v) is 1.70. The highest BCUT2D eigenvalue weighted by molar-refractivity contribution is 5.73. The van der Waals surface area contributed by atoms with Crippen molar-refractivity contribution in [1.29, 1.82) is 0 Å². The Morgan fingerprint density at radius 2 is 2.38 bits per heavy atom. The number of fused-ring (bicyclic) bond motifs is 1. The zero-order valence-corrected chi connectivity index (χ0v) is 7.92. The molecule has 1 amide bonds. The minimum Gasteiger partial charge on any atom is -0.338 e. The Hall–Kier alpha value is -1.32. The van der Waals surface area contributed by atoms with Gasteiger partial charge in [-0.3, -0.25) is 9.89 Å². The Morgan fingerprint density at radius 1 is 1.62 bits per heavy atom. The van der Waals surface area contributed by atoms with Crippen LogP contribution < -0.4 is 0 Å². The van der Waals surface area contributed by atoms with Crippen LogP contribution in [0.5, 0.6) is 0 Å². The van der Waals surface area contributed by atoms with Gasteiger partial charge in [0.2, 0.25) is 5.91 Å². The van der Waals surface area contributed by atoms with E-state index < -0.39 is 0 Å². The fraction of sp³-hybridized carbons (Fsp3) is 0.556. The number of hydrogen-bond acceptors (Lipinski definition) is 2. The lowest BCUT2D eigenvalue weighted by atomic mass is 10.1. The lowest BCUT2D eigenvalue weighted by Gasteiger charge is -2.25. The first-order valence-corrected chi connectivity index (χ1v) is 4.46. The lowest BCUT2D eigenvalue weighted by Crippen LogP contribution is -2.34.